The highest BCUT2D eigenvalue weighted by molar-refractivity contribution is 7.15. The van der Waals surface area contributed by atoms with Crippen molar-refractivity contribution in [2.75, 3.05) is 17.2 Å². The number of hydrogen-bond donors (Lipinski definition) is 2. The summed E-state index contributed by atoms with van der Waals surface area (Å²) in [6.45, 7) is 9.83. The Morgan fingerprint density at radius 2 is 1.90 bits per heavy atom. The highest BCUT2D eigenvalue weighted by atomic mass is 32.1. The summed E-state index contributed by atoms with van der Waals surface area (Å²) in [6, 6.07) is 6.52. The number of amides is 3. The van der Waals surface area contributed by atoms with Crippen LogP contribution in [0, 0.1) is 0 Å². The number of ether oxygens (including phenoxy) is 1. The van der Waals surface area contributed by atoms with E-state index in [4.69, 9.17) is 4.74 Å². The van der Waals surface area contributed by atoms with Crippen LogP contribution in [-0.2, 0) is 22.5 Å². The van der Waals surface area contributed by atoms with Crippen molar-refractivity contribution >= 4 is 40.1 Å². The second kappa shape index (κ2) is 8.66. The van der Waals surface area contributed by atoms with Crippen molar-refractivity contribution in [3.63, 3.8) is 0 Å². The normalized spacial score (nSPS) is 13.2. The van der Waals surface area contributed by atoms with Gasteiger partial charge in [-0.2, -0.15) is 0 Å². The minimum Gasteiger partial charge on any atom is -0.444 e. The van der Waals surface area contributed by atoms with Gasteiger partial charge in [-0.3, -0.25) is 14.9 Å². The fourth-order valence-electron chi connectivity index (χ4n) is 2.80. The standard InChI is InChI=1S/C21H24N4O4S/c1-5-17(26)22-14-8-6-13(7-9-14)18(27)24-19-23-15-10-11-25(12-16(15)30-19)20(28)29-21(2,3)4/h5-9H,1,10-12H2,2-4H3,(H,22,26)(H,23,24,27). The van der Waals surface area contributed by atoms with Gasteiger partial charge in [-0.05, 0) is 51.1 Å². The van der Waals surface area contributed by atoms with Gasteiger partial charge in [0.1, 0.15) is 5.60 Å². The van der Waals surface area contributed by atoms with Crippen LogP contribution in [0.15, 0.2) is 36.9 Å². The van der Waals surface area contributed by atoms with Gasteiger partial charge < -0.3 is 15.0 Å². The number of anilines is 2. The van der Waals surface area contributed by atoms with Crippen molar-refractivity contribution in [3.8, 4) is 0 Å². The first-order valence-electron chi connectivity index (χ1n) is 9.46. The molecule has 0 unspecified atom stereocenters. The van der Waals surface area contributed by atoms with Crippen molar-refractivity contribution in [2.45, 2.75) is 39.3 Å². The third-order valence-electron chi connectivity index (χ3n) is 4.20. The molecule has 0 bridgehead atoms. The number of aromatic nitrogens is 1. The Balaban J connectivity index is 1.62. The van der Waals surface area contributed by atoms with E-state index < -0.39 is 5.60 Å². The number of fused-ring (bicyclic) bond motifs is 1. The van der Waals surface area contributed by atoms with Gasteiger partial charge in [0.25, 0.3) is 5.91 Å². The van der Waals surface area contributed by atoms with Crippen LogP contribution < -0.4 is 10.6 Å². The average molecular weight is 429 g/mol. The average Bonchev–Trinajstić information content (AvgIpc) is 3.08. The molecule has 3 rings (SSSR count). The van der Waals surface area contributed by atoms with Gasteiger partial charge >= 0.3 is 6.09 Å². The zero-order valence-electron chi connectivity index (χ0n) is 17.2. The molecule has 2 heterocycles. The monoisotopic (exact) mass is 428 g/mol. The van der Waals surface area contributed by atoms with E-state index in [9.17, 15) is 14.4 Å². The minimum atomic E-state index is -0.547. The molecule has 2 N–H and O–H groups in total. The number of nitrogens with zero attached hydrogens (tertiary/aromatic N) is 2. The van der Waals surface area contributed by atoms with Crippen molar-refractivity contribution in [2.24, 2.45) is 0 Å². The van der Waals surface area contributed by atoms with Crippen LogP contribution in [0.4, 0.5) is 15.6 Å². The number of carbonyl (C=O) groups excluding carboxylic acids is 3. The fraction of sp³-hybridized carbons (Fsp3) is 0.333. The lowest BCUT2D eigenvalue weighted by Gasteiger charge is -2.29. The molecule has 8 nitrogen and oxygen atoms in total. The van der Waals surface area contributed by atoms with Crippen molar-refractivity contribution in [1.29, 1.82) is 0 Å². The molecule has 158 valence electrons. The van der Waals surface area contributed by atoms with Gasteiger partial charge in [0.15, 0.2) is 5.13 Å². The summed E-state index contributed by atoms with van der Waals surface area (Å²) >= 11 is 1.35. The quantitative estimate of drug-likeness (QED) is 0.721. The molecule has 0 aliphatic carbocycles. The van der Waals surface area contributed by atoms with E-state index in [-0.39, 0.29) is 17.9 Å². The Kier molecular flexibility index (Phi) is 6.21. The number of nitrogens with one attached hydrogen (secondary N) is 2. The molecule has 1 aliphatic rings. The summed E-state index contributed by atoms with van der Waals surface area (Å²) in [6.07, 6.45) is 1.43. The zero-order chi connectivity index (χ0) is 21.9. The second-order valence-electron chi connectivity index (χ2n) is 7.77. The van der Waals surface area contributed by atoms with E-state index >= 15 is 0 Å². The van der Waals surface area contributed by atoms with Gasteiger partial charge in [-0.1, -0.05) is 17.9 Å². The van der Waals surface area contributed by atoms with Gasteiger partial charge in [-0.15, -0.1) is 0 Å². The lowest BCUT2D eigenvalue weighted by atomic mass is 10.2. The Labute approximate surface area is 178 Å². The zero-order valence-corrected chi connectivity index (χ0v) is 18.0. The highest BCUT2D eigenvalue weighted by Crippen LogP contribution is 2.29. The van der Waals surface area contributed by atoms with E-state index in [1.165, 1.54) is 17.4 Å². The topological polar surface area (TPSA) is 101 Å². The van der Waals surface area contributed by atoms with Crippen LogP contribution in [0.1, 0.15) is 41.7 Å². The maximum absolute atomic E-state index is 12.5. The van der Waals surface area contributed by atoms with Gasteiger partial charge in [0.2, 0.25) is 5.91 Å². The lowest BCUT2D eigenvalue weighted by Crippen LogP contribution is -2.39. The Hall–Kier alpha value is -3.20. The van der Waals surface area contributed by atoms with Gasteiger partial charge in [-0.25, -0.2) is 9.78 Å². The summed E-state index contributed by atoms with van der Waals surface area (Å²) in [5.41, 5.74) is 1.35. The Bertz CT molecular complexity index is 976. The first-order valence-corrected chi connectivity index (χ1v) is 10.3. The molecule has 1 aromatic heterocycles. The molecule has 9 heteroatoms. The van der Waals surface area contributed by atoms with E-state index in [2.05, 4.69) is 22.2 Å². The first kappa shape index (κ1) is 21.5. The van der Waals surface area contributed by atoms with Gasteiger partial charge in [0.05, 0.1) is 12.2 Å². The fourth-order valence-corrected chi connectivity index (χ4v) is 3.82. The molecule has 0 spiro atoms. The number of benzene rings is 1. The highest BCUT2D eigenvalue weighted by Gasteiger charge is 2.28. The van der Waals surface area contributed by atoms with E-state index in [0.717, 1.165) is 10.6 Å². The van der Waals surface area contributed by atoms with E-state index in [1.807, 2.05) is 20.8 Å². The first-order chi connectivity index (χ1) is 14.1. The second-order valence-corrected chi connectivity index (χ2v) is 8.85. The van der Waals surface area contributed by atoms with Crippen LogP contribution in [-0.4, -0.2) is 39.9 Å². The summed E-state index contributed by atoms with van der Waals surface area (Å²) in [7, 11) is 0. The molecule has 30 heavy (non-hydrogen) atoms. The predicted molar refractivity (Wildman–Crippen MR) is 116 cm³/mol. The molecule has 1 aliphatic heterocycles. The molecule has 0 atom stereocenters. The number of thiazole rings is 1. The molecule has 3 amide bonds. The maximum atomic E-state index is 12.5. The minimum absolute atomic E-state index is 0.299. The molecular weight excluding hydrogens is 404 g/mol. The third-order valence-corrected chi connectivity index (χ3v) is 5.20. The van der Waals surface area contributed by atoms with Gasteiger partial charge in [0, 0.05) is 29.1 Å². The summed E-state index contributed by atoms with van der Waals surface area (Å²) in [5.74, 6) is -0.618. The van der Waals surface area contributed by atoms with Crippen LogP contribution in [0.2, 0.25) is 0 Å². The summed E-state index contributed by atoms with van der Waals surface area (Å²) in [5, 5.41) is 5.91. The van der Waals surface area contributed by atoms with Crippen molar-refractivity contribution < 1.29 is 19.1 Å². The molecule has 0 fully saturated rings. The molecule has 2 aromatic rings. The molecule has 0 radical (unpaired) electrons. The predicted octanol–water partition coefficient (Wildman–Crippen LogP) is 3.81. The number of carbonyl (C=O) groups is 3. The van der Waals surface area contributed by atoms with Crippen LogP contribution in [0.3, 0.4) is 0 Å². The lowest BCUT2D eigenvalue weighted by molar-refractivity contribution is -0.111. The molecule has 1 aromatic carbocycles. The summed E-state index contributed by atoms with van der Waals surface area (Å²) in [4.78, 5) is 43.2. The van der Waals surface area contributed by atoms with Crippen LogP contribution >= 0.6 is 11.3 Å². The molecular formula is C21H24N4O4S. The van der Waals surface area contributed by atoms with Crippen LogP contribution in [0.5, 0.6) is 0 Å². The number of hydrogen-bond acceptors (Lipinski definition) is 6. The largest absolute Gasteiger partial charge is 0.444 e. The summed E-state index contributed by atoms with van der Waals surface area (Å²) < 4.78 is 5.43. The SMILES string of the molecule is C=CC(=O)Nc1ccc(C(=O)Nc2nc3c(s2)CN(C(=O)OC(C)(C)C)CC3)cc1. The van der Waals surface area contributed by atoms with Crippen molar-refractivity contribution in [3.05, 3.63) is 53.1 Å². The molecule has 0 saturated heterocycles. The molecule has 0 saturated carbocycles. The maximum Gasteiger partial charge on any atom is 0.410 e. The van der Waals surface area contributed by atoms with E-state index in [0.29, 0.717) is 35.9 Å². The smallest absolute Gasteiger partial charge is 0.410 e. The third kappa shape index (κ3) is 5.44. The number of rotatable bonds is 4. The Morgan fingerprint density at radius 3 is 2.53 bits per heavy atom. The van der Waals surface area contributed by atoms with Crippen molar-refractivity contribution in [1.82, 2.24) is 9.88 Å². The van der Waals surface area contributed by atoms with Crippen LogP contribution in [0.25, 0.3) is 0 Å². The Morgan fingerprint density at radius 1 is 1.20 bits per heavy atom. The van der Waals surface area contributed by atoms with E-state index in [1.54, 1.807) is 29.2 Å².